The first-order valence-corrected chi connectivity index (χ1v) is 6.93. The molecule has 2 aliphatic rings. The molecule has 0 aromatic carbocycles. The van der Waals surface area contributed by atoms with Gasteiger partial charge in [0.25, 0.3) is 0 Å². The van der Waals surface area contributed by atoms with Gasteiger partial charge < -0.3 is 25.4 Å². The highest BCUT2D eigenvalue weighted by atomic mass is 16.5. The molecule has 1 atom stereocenters. The second kappa shape index (κ2) is 5.84. The first kappa shape index (κ1) is 14.2. The molecule has 1 aliphatic heterocycles. The van der Waals surface area contributed by atoms with Crippen LogP contribution in [0.25, 0.3) is 0 Å². The number of aliphatic hydroxyl groups excluding tert-OH is 3. The normalized spacial score (nSPS) is 27.2. The van der Waals surface area contributed by atoms with E-state index >= 15 is 0 Å². The van der Waals surface area contributed by atoms with Crippen molar-refractivity contribution in [3.8, 4) is 0 Å². The van der Waals surface area contributed by atoms with Gasteiger partial charge in [-0.3, -0.25) is 0 Å². The van der Waals surface area contributed by atoms with E-state index < -0.39 is 5.54 Å². The Bertz CT molecular complexity index is 253. The van der Waals surface area contributed by atoms with Crippen LogP contribution in [0.15, 0.2) is 0 Å². The predicted molar refractivity (Wildman–Crippen MR) is 67.3 cm³/mol. The zero-order chi connectivity index (χ0) is 13.1. The summed E-state index contributed by atoms with van der Waals surface area (Å²) in [6.45, 7) is -0.267. The highest BCUT2D eigenvalue weighted by Crippen LogP contribution is 2.43. The number of nitrogens with one attached hydrogen (secondary N) is 1. The smallest absolute Gasteiger partial charge is 0.0882 e. The molecule has 0 radical (unpaired) electrons. The van der Waals surface area contributed by atoms with E-state index in [1.54, 1.807) is 0 Å². The van der Waals surface area contributed by atoms with E-state index in [9.17, 15) is 15.3 Å². The van der Waals surface area contributed by atoms with Crippen LogP contribution in [-0.4, -0.2) is 58.9 Å². The third-order valence-electron chi connectivity index (χ3n) is 4.47. The van der Waals surface area contributed by atoms with Gasteiger partial charge in [0, 0.05) is 6.54 Å². The second-order valence-corrected chi connectivity index (χ2v) is 5.80. The zero-order valence-electron chi connectivity index (χ0n) is 10.9. The van der Waals surface area contributed by atoms with E-state index in [2.05, 4.69) is 5.32 Å². The molecule has 5 nitrogen and oxygen atoms in total. The number of ether oxygens (including phenoxy) is 1. The van der Waals surface area contributed by atoms with Crippen molar-refractivity contribution in [3.05, 3.63) is 0 Å². The molecule has 106 valence electrons. The first-order chi connectivity index (χ1) is 8.67. The monoisotopic (exact) mass is 259 g/mol. The SMILES string of the molecule is OCC(CO)(CO)NCC1CCC2(CCCC2)O1. The summed E-state index contributed by atoms with van der Waals surface area (Å²) in [7, 11) is 0. The van der Waals surface area contributed by atoms with Gasteiger partial charge in [0.2, 0.25) is 0 Å². The standard InChI is InChI=1S/C13H25NO4/c15-8-12(9-16,10-17)14-7-11-3-6-13(18-11)4-1-2-5-13/h11,14-17H,1-10H2. The minimum Gasteiger partial charge on any atom is -0.394 e. The fraction of sp³-hybridized carbons (Fsp3) is 1.00. The molecule has 0 amide bonds. The van der Waals surface area contributed by atoms with Crippen molar-refractivity contribution < 1.29 is 20.1 Å². The van der Waals surface area contributed by atoms with Crippen LogP contribution in [0.3, 0.4) is 0 Å². The molecule has 0 aromatic heterocycles. The Labute approximate surface area is 108 Å². The van der Waals surface area contributed by atoms with Crippen LogP contribution < -0.4 is 5.32 Å². The quantitative estimate of drug-likeness (QED) is 0.530. The van der Waals surface area contributed by atoms with Gasteiger partial charge in [-0.25, -0.2) is 0 Å². The highest BCUT2D eigenvalue weighted by molar-refractivity contribution is 4.95. The molecule has 0 aromatic rings. The van der Waals surface area contributed by atoms with Crippen molar-refractivity contribution in [2.45, 2.75) is 55.8 Å². The zero-order valence-corrected chi connectivity index (χ0v) is 10.9. The summed E-state index contributed by atoms with van der Waals surface area (Å²) in [5.41, 5.74) is -0.887. The van der Waals surface area contributed by atoms with Gasteiger partial charge in [0.15, 0.2) is 0 Å². The third kappa shape index (κ3) is 2.86. The summed E-state index contributed by atoms with van der Waals surface area (Å²) in [5, 5.41) is 30.8. The highest BCUT2D eigenvalue weighted by Gasteiger charge is 2.42. The van der Waals surface area contributed by atoms with Gasteiger partial charge in [-0.1, -0.05) is 12.8 Å². The van der Waals surface area contributed by atoms with E-state index in [0.717, 1.165) is 25.7 Å². The summed E-state index contributed by atoms with van der Waals surface area (Å²) in [4.78, 5) is 0. The van der Waals surface area contributed by atoms with Gasteiger partial charge in [-0.05, 0) is 25.7 Å². The lowest BCUT2D eigenvalue weighted by atomic mass is 9.98. The molecule has 5 heteroatoms. The Hall–Kier alpha value is -0.200. The molecule has 1 heterocycles. The van der Waals surface area contributed by atoms with Gasteiger partial charge in [0.05, 0.1) is 37.1 Å². The van der Waals surface area contributed by atoms with Crippen LogP contribution in [0.2, 0.25) is 0 Å². The van der Waals surface area contributed by atoms with Crippen LogP contribution in [-0.2, 0) is 4.74 Å². The van der Waals surface area contributed by atoms with Crippen molar-refractivity contribution in [1.29, 1.82) is 0 Å². The summed E-state index contributed by atoms with van der Waals surface area (Å²) in [6.07, 6.45) is 7.10. The van der Waals surface area contributed by atoms with Crippen LogP contribution in [0.1, 0.15) is 38.5 Å². The maximum Gasteiger partial charge on any atom is 0.0882 e. The van der Waals surface area contributed by atoms with Gasteiger partial charge in [-0.2, -0.15) is 0 Å². The van der Waals surface area contributed by atoms with E-state index in [4.69, 9.17) is 4.74 Å². The Morgan fingerprint density at radius 2 is 1.67 bits per heavy atom. The number of hydrogen-bond acceptors (Lipinski definition) is 5. The fourth-order valence-corrected chi connectivity index (χ4v) is 3.07. The lowest BCUT2D eigenvalue weighted by Gasteiger charge is -2.31. The first-order valence-electron chi connectivity index (χ1n) is 6.93. The van der Waals surface area contributed by atoms with Gasteiger partial charge in [0.1, 0.15) is 0 Å². The van der Waals surface area contributed by atoms with Crippen LogP contribution in [0.5, 0.6) is 0 Å². The molecule has 1 saturated carbocycles. The summed E-state index contributed by atoms with van der Waals surface area (Å²) in [5.74, 6) is 0. The number of aliphatic hydroxyl groups is 3. The number of hydrogen-bond donors (Lipinski definition) is 4. The van der Waals surface area contributed by atoms with Crippen molar-refractivity contribution >= 4 is 0 Å². The predicted octanol–water partition coefficient (Wildman–Crippen LogP) is -0.217. The lowest BCUT2D eigenvalue weighted by Crippen LogP contribution is -2.56. The minimum atomic E-state index is -0.991. The van der Waals surface area contributed by atoms with Crippen LogP contribution in [0.4, 0.5) is 0 Å². The average molecular weight is 259 g/mol. The topological polar surface area (TPSA) is 82.0 Å². The van der Waals surface area contributed by atoms with Crippen molar-refractivity contribution in [2.24, 2.45) is 0 Å². The van der Waals surface area contributed by atoms with Gasteiger partial charge >= 0.3 is 0 Å². The second-order valence-electron chi connectivity index (χ2n) is 5.80. The van der Waals surface area contributed by atoms with E-state index in [-0.39, 0.29) is 31.5 Å². The number of rotatable bonds is 6. The molecular formula is C13H25NO4. The molecule has 4 N–H and O–H groups in total. The summed E-state index contributed by atoms with van der Waals surface area (Å²) >= 11 is 0. The Morgan fingerprint density at radius 3 is 2.22 bits per heavy atom. The van der Waals surface area contributed by atoms with Crippen molar-refractivity contribution in [1.82, 2.24) is 5.32 Å². The largest absolute Gasteiger partial charge is 0.394 e. The van der Waals surface area contributed by atoms with Crippen molar-refractivity contribution in [2.75, 3.05) is 26.4 Å². The van der Waals surface area contributed by atoms with E-state index in [1.807, 2.05) is 0 Å². The molecular weight excluding hydrogens is 234 g/mol. The Balaban J connectivity index is 1.81. The maximum atomic E-state index is 9.23. The molecule has 2 fully saturated rings. The maximum absolute atomic E-state index is 9.23. The third-order valence-corrected chi connectivity index (χ3v) is 4.47. The van der Waals surface area contributed by atoms with Crippen LogP contribution in [0, 0.1) is 0 Å². The Kier molecular flexibility index (Phi) is 4.61. The van der Waals surface area contributed by atoms with Crippen molar-refractivity contribution in [3.63, 3.8) is 0 Å². The average Bonchev–Trinajstić information content (AvgIpc) is 3.03. The molecule has 0 bridgehead atoms. The summed E-state index contributed by atoms with van der Waals surface area (Å²) < 4.78 is 6.13. The molecule has 1 spiro atoms. The van der Waals surface area contributed by atoms with E-state index in [1.165, 1.54) is 12.8 Å². The van der Waals surface area contributed by atoms with Crippen LogP contribution >= 0.6 is 0 Å². The molecule has 1 saturated heterocycles. The minimum absolute atomic E-state index is 0.104. The fourth-order valence-electron chi connectivity index (χ4n) is 3.07. The lowest BCUT2D eigenvalue weighted by molar-refractivity contribution is -0.0431. The molecule has 2 rings (SSSR count). The summed E-state index contributed by atoms with van der Waals surface area (Å²) in [6, 6.07) is 0. The van der Waals surface area contributed by atoms with E-state index in [0.29, 0.717) is 6.54 Å². The molecule has 1 unspecified atom stereocenters. The molecule has 1 aliphatic carbocycles. The molecule has 18 heavy (non-hydrogen) atoms. The Morgan fingerprint density at radius 1 is 1.06 bits per heavy atom. The van der Waals surface area contributed by atoms with Gasteiger partial charge in [-0.15, -0.1) is 0 Å².